The zero-order valence-corrected chi connectivity index (χ0v) is 12.3. The number of rotatable bonds is 6. The number of ether oxygens (including phenoxy) is 2. The Labute approximate surface area is 124 Å². The molecule has 6 nitrogen and oxygen atoms in total. The van der Waals surface area contributed by atoms with Crippen molar-refractivity contribution < 1.29 is 24.8 Å². The minimum Gasteiger partial charge on any atom is -0.497 e. The first-order valence-corrected chi connectivity index (χ1v) is 7.06. The summed E-state index contributed by atoms with van der Waals surface area (Å²) in [7, 11) is 1.62. The van der Waals surface area contributed by atoms with E-state index in [9.17, 15) is 10.2 Å². The first-order chi connectivity index (χ1) is 10.1. The second-order valence-electron chi connectivity index (χ2n) is 5.28. The number of methoxy groups -OCH3 is 1. The van der Waals surface area contributed by atoms with Crippen LogP contribution in [0.1, 0.15) is 18.5 Å². The van der Waals surface area contributed by atoms with Crippen molar-refractivity contribution in [3.05, 3.63) is 29.8 Å². The standard InChI is InChI=1S/C15H23NO5/c1-9(10-3-5-11(20-2)6-4-10)16-7-12-14(18)15(19)13(8-17)21-12/h3-6,9,12-19H,7-8H2,1-2H3/t9-,12+,13+,14+,15+/m0/s1. The molecule has 1 saturated heterocycles. The van der Waals surface area contributed by atoms with Gasteiger partial charge in [-0.15, -0.1) is 0 Å². The van der Waals surface area contributed by atoms with Crippen LogP contribution < -0.4 is 10.1 Å². The van der Waals surface area contributed by atoms with Gasteiger partial charge in [0.15, 0.2) is 0 Å². The van der Waals surface area contributed by atoms with E-state index < -0.39 is 24.4 Å². The summed E-state index contributed by atoms with van der Waals surface area (Å²) in [5.74, 6) is 0.800. The highest BCUT2D eigenvalue weighted by Gasteiger charge is 2.41. The molecular formula is C15H23NO5. The summed E-state index contributed by atoms with van der Waals surface area (Å²) in [5.41, 5.74) is 1.09. The number of hydrogen-bond acceptors (Lipinski definition) is 6. The van der Waals surface area contributed by atoms with Gasteiger partial charge < -0.3 is 30.1 Å². The van der Waals surface area contributed by atoms with Crippen LogP contribution in [0, 0.1) is 0 Å². The zero-order chi connectivity index (χ0) is 15.4. The summed E-state index contributed by atoms with van der Waals surface area (Å²) in [5, 5.41) is 31.9. The fraction of sp³-hybridized carbons (Fsp3) is 0.600. The average molecular weight is 297 g/mol. The lowest BCUT2D eigenvalue weighted by Crippen LogP contribution is -2.38. The normalized spacial score (nSPS) is 30.3. The number of hydrogen-bond donors (Lipinski definition) is 4. The molecule has 5 atom stereocenters. The number of nitrogens with one attached hydrogen (secondary N) is 1. The molecule has 0 amide bonds. The predicted molar refractivity (Wildman–Crippen MR) is 77.2 cm³/mol. The van der Waals surface area contributed by atoms with Crippen molar-refractivity contribution in [2.75, 3.05) is 20.3 Å². The number of aliphatic hydroxyl groups is 3. The summed E-state index contributed by atoms with van der Waals surface area (Å²) in [4.78, 5) is 0. The van der Waals surface area contributed by atoms with E-state index in [-0.39, 0.29) is 12.6 Å². The molecule has 0 radical (unpaired) electrons. The molecule has 0 saturated carbocycles. The highest BCUT2D eigenvalue weighted by molar-refractivity contribution is 5.28. The van der Waals surface area contributed by atoms with E-state index in [0.29, 0.717) is 6.54 Å². The van der Waals surface area contributed by atoms with Crippen LogP contribution in [-0.4, -0.2) is 60.0 Å². The Balaban J connectivity index is 1.87. The third-order valence-corrected chi connectivity index (χ3v) is 3.88. The third-order valence-electron chi connectivity index (χ3n) is 3.88. The highest BCUT2D eigenvalue weighted by atomic mass is 16.6. The fourth-order valence-corrected chi connectivity index (χ4v) is 2.45. The van der Waals surface area contributed by atoms with Crippen LogP contribution in [0.25, 0.3) is 0 Å². The van der Waals surface area contributed by atoms with Crippen molar-refractivity contribution in [1.29, 1.82) is 0 Å². The lowest BCUT2D eigenvalue weighted by Gasteiger charge is -2.20. The van der Waals surface area contributed by atoms with Gasteiger partial charge in [0.2, 0.25) is 0 Å². The Hall–Kier alpha value is -1.18. The summed E-state index contributed by atoms with van der Waals surface area (Å²) >= 11 is 0. The van der Waals surface area contributed by atoms with Crippen molar-refractivity contribution >= 4 is 0 Å². The summed E-state index contributed by atoms with van der Waals surface area (Å²) < 4.78 is 10.5. The quantitative estimate of drug-likeness (QED) is 0.583. The maximum Gasteiger partial charge on any atom is 0.118 e. The molecular weight excluding hydrogens is 274 g/mol. The van der Waals surface area contributed by atoms with Crippen molar-refractivity contribution in [1.82, 2.24) is 5.32 Å². The van der Waals surface area contributed by atoms with E-state index in [2.05, 4.69) is 5.32 Å². The van der Waals surface area contributed by atoms with Crippen LogP contribution in [0.15, 0.2) is 24.3 Å². The molecule has 21 heavy (non-hydrogen) atoms. The summed E-state index contributed by atoms with van der Waals surface area (Å²) in [6.45, 7) is 2.09. The fourth-order valence-electron chi connectivity index (χ4n) is 2.45. The van der Waals surface area contributed by atoms with E-state index in [1.807, 2.05) is 31.2 Å². The Morgan fingerprint density at radius 2 is 1.81 bits per heavy atom. The van der Waals surface area contributed by atoms with Gasteiger partial charge in [0, 0.05) is 12.6 Å². The Morgan fingerprint density at radius 3 is 2.33 bits per heavy atom. The van der Waals surface area contributed by atoms with Gasteiger partial charge in [0.05, 0.1) is 19.8 Å². The minimum absolute atomic E-state index is 0.0667. The van der Waals surface area contributed by atoms with Gasteiger partial charge in [0.25, 0.3) is 0 Å². The third kappa shape index (κ3) is 3.72. The van der Waals surface area contributed by atoms with Crippen LogP contribution >= 0.6 is 0 Å². The first-order valence-electron chi connectivity index (χ1n) is 7.06. The van der Waals surface area contributed by atoms with Gasteiger partial charge in [-0.2, -0.15) is 0 Å². The summed E-state index contributed by atoms with van der Waals surface area (Å²) in [6.07, 6.45) is -3.28. The average Bonchev–Trinajstić information content (AvgIpc) is 2.80. The van der Waals surface area contributed by atoms with Gasteiger partial charge in [0.1, 0.15) is 24.1 Å². The van der Waals surface area contributed by atoms with Crippen molar-refractivity contribution in [2.45, 2.75) is 37.4 Å². The molecule has 0 aliphatic carbocycles. The van der Waals surface area contributed by atoms with Gasteiger partial charge in [-0.1, -0.05) is 12.1 Å². The smallest absolute Gasteiger partial charge is 0.118 e. The molecule has 0 spiro atoms. The Bertz CT molecular complexity index is 438. The van der Waals surface area contributed by atoms with E-state index in [0.717, 1.165) is 11.3 Å². The highest BCUT2D eigenvalue weighted by Crippen LogP contribution is 2.22. The van der Waals surface area contributed by atoms with Gasteiger partial charge in [-0.05, 0) is 24.6 Å². The van der Waals surface area contributed by atoms with E-state index >= 15 is 0 Å². The molecule has 1 fully saturated rings. The predicted octanol–water partition coefficient (Wildman–Crippen LogP) is -0.173. The SMILES string of the molecule is COc1ccc([C@H](C)NC[C@H]2O[C@H](CO)[C@@H](O)[C@@H]2O)cc1. The maximum absolute atomic E-state index is 9.87. The number of aliphatic hydroxyl groups excluding tert-OH is 3. The molecule has 118 valence electrons. The molecule has 0 unspecified atom stereocenters. The van der Waals surface area contributed by atoms with Crippen LogP contribution in [0.2, 0.25) is 0 Å². The Morgan fingerprint density at radius 1 is 1.19 bits per heavy atom. The Kier molecular flexibility index (Phi) is 5.55. The molecule has 4 N–H and O–H groups in total. The first kappa shape index (κ1) is 16.2. The monoisotopic (exact) mass is 297 g/mol. The van der Waals surface area contributed by atoms with Crippen LogP contribution in [-0.2, 0) is 4.74 Å². The molecule has 1 aromatic carbocycles. The van der Waals surface area contributed by atoms with Crippen molar-refractivity contribution in [3.63, 3.8) is 0 Å². The molecule has 1 aliphatic rings. The molecule has 1 aromatic rings. The van der Waals surface area contributed by atoms with Crippen molar-refractivity contribution in [2.24, 2.45) is 0 Å². The van der Waals surface area contributed by atoms with Crippen LogP contribution in [0.5, 0.6) is 5.75 Å². The van der Waals surface area contributed by atoms with Gasteiger partial charge in [-0.3, -0.25) is 0 Å². The minimum atomic E-state index is -1.04. The van der Waals surface area contributed by atoms with Gasteiger partial charge >= 0.3 is 0 Å². The molecule has 6 heteroatoms. The van der Waals surface area contributed by atoms with Gasteiger partial charge in [-0.25, -0.2) is 0 Å². The lowest BCUT2D eigenvalue weighted by atomic mass is 10.1. The maximum atomic E-state index is 9.87. The second kappa shape index (κ2) is 7.20. The number of benzene rings is 1. The van der Waals surface area contributed by atoms with Crippen LogP contribution in [0.3, 0.4) is 0 Å². The van der Waals surface area contributed by atoms with Crippen molar-refractivity contribution in [3.8, 4) is 5.75 Å². The van der Waals surface area contributed by atoms with E-state index in [1.165, 1.54) is 0 Å². The second-order valence-corrected chi connectivity index (χ2v) is 5.28. The lowest BCUT2D eigenvalue weighted by molar-refractivity contribution is -0.0218. The zero-order valence-electron chi connectivity index (χ0n) is 12.3. The molecule has 0 bridgehead atoms. The van der Waals surface area contributed by atoms with E-state index in [4.69, 9.17) is 14.6 Å². The molecule has 1 aliphatic heterocycles. The largest absolute Gasteiger partial charge is 0.497 e. The van der Waals surface area contributed by atoms with E-state index in [1.54, 1.807) is 7.11 Å². The summed E-state index contributed by atoms with van der Waals surface area (Å²) in [6, 6.07) is 7.78. The topological polar surface area (TPSA) is 91.2 Å². The molecule has 0 aromatic heterocycles. The molecule has 1 heterocycles. The molecule has 2 rings (SSSR count). The van der Waals surface area contributed by atoms with Crippen LogP contribution in [0.4, 0.5) is 0 Å².